The molecular formula is C25H23F3N4O4. The first-order valence-corrected chi connectivity index (χ1v) is 11.5. The van der Waals surface area contributed by atoms with Crippen molar-refractivity contribution in [2.45, 2.75) is 38.7 Å². The first kappa shape index (κ1) is 23.7. The Hall–Kier alpha value is -4.02. The zero-order valence-corrected chi connectivity index (χ0v) is 19.3. The number of aromatic amines is 1. The van der Waals surface area contributed by atoms with Crippen LogP contribution in [0.4, 0.5) is 23.7 Å². The highest BCUT2D eigenvalue weighted by Crippen LogP contribution is 2.38. The Morgan fingerprint density at radius 1 is 1.22 bits per heavy atom. The van der Waals surface area contributed by atoms with E-state index in [1.807, 2.05) is 18.2 Å². The topological polar surface area (TPSA) is 96.5 Å². The first-order chi connectivity index (χ1) is 17.2. The van der Waals surface area contributed by atoms with Gasteiger partial charge in [0.1, 0.15) is 11.9 Å². The monoisotopic (exact) mass is 500 g/mol. The summed E-state index contributed by atoms with van der Waals surface area (Å²) in [6, 6.07) is 11.4. The van der Waals surface area contributed by atoms with Gasteiger partial charge in [-0.2, -0.15) is 5.10 Å². The third-order valence-corrected chi connectivity index (χ3v) is 6.22. The average molecular weight is 500 g/mol. The molecule has 1 atom stereocenters. The summed E-state index contributed by atoms with van der Waals surface area (Å²) in [7, 11) is 0. The lowest BCUT2D eigenvalue weighted by Crippen LogP contribution is -2.33. The van der Waals surface area contributed by atoms with Gasteiger partial charge in [0.25, 0.3) is 0 Å². The van der Waals surface area contributed by atoms with Crippen LogP contribution in [0.15, 0.2) is 42.5 Å². The van der Waals surface area contributed by atoms with Crippen LogP contribution >= 0.6 is 0 Å². The van der Waals surface area contributed by atoms with Crippen molar-refractivity contribution in [1.82, 2.24) is 15.5 Å². The zero-order valence-electron chi connectivity index (χ0n) is 19.3. The lowest BCUT2D eigenvalue weighted by molar-refractivity contribution is -0.274. The minimum absolute atomic E-state index is 0.185. The maximum Gasteiger partial charge on any atom is 0.573 e. The molecule has 2 aliphatic rings. The van der Waals surface area contributed by atoms with E-state index in [0.717, 1.165) is 41.6 Å². The Morgan fingerprint density at radius 3 is 2.72 bits per heavy atom. The molecule has 8 nitrogen and oxygen atoms in total. The summed E-state index contributed by atoms with van der Waals surface area (Å²) in [4.78, 5) is 25.2. The standard InChI is InChI=1S/C25H23F3N4O4/c1-14(33)29-12-19-13-32(24(34)35-19)17-7-10-20-16(11-17)3-2-4-21-22(30-31-23(20)21)15-5-8-18(9-6-15)36-25(26,27)28/h5-11,19H,2-4,12-13H2,1H3,(H,29,33)(H,30,31)/t19-/m0/s1. The molecule has 1 aliphatic heterocycles. The van der Waals surface area contributed by atoms with Crippen molar-refractivity contribution in [3.05, 3.63) is 53.6 Å². The molecule has 11 heteroatoms. The van der Waals surface area contributed by atoms with Crippen LogP contribution in [-0.2, 0) is 22.4 Å². The molecule has 1 aliphatic carbocycles. The number of hydrogen-bond acceptors (Lipinski definition) is 5. The first-order valence-electron chi connectivity index (χ1n) is 11.5. The van der Waals surface area contributed by atoms with E-state index < -0.39 is 18.6 Å². The number of benzene rings is 2. The predicted molar refractivity (Wildman–Crippen MR) is 124 cm³/mol. The van der Waals surface area contributed by atoms with E-state index in [4.69, 9.17) is 4.74 Å². The molecule has 2 aromatic carbocycles. The second-order valence-corrected chi connectivity index (χ2v) is 8.75. The summed E-state index contributed by atoms with van der Waals surface area (Å²) < 4.78 is 46.8. The van der Waals surface area contributed by atoms with Crippen LogP contribution in [-0.4, -0.2) is 47.8 Å². The molecule has 1 saturated heterocycles. The number of hydrogen-bond donors (Lipinski definition) is 2. The molecule has 0 radical (unpaired) electrons. The van der Waals surface area contributed by atoms with Gasteiger partial charge in [-0.15, -0.1) is 13.2 Å². The van der Waals surface area contributed by atoms with E-state index in [9.17, 15) is 22.8 Å². The zero-order chi connectivity index (χ0) is 25.4. The van der Waals surface area contributed by atoms with Gasteiger partial charge in [0, 0.05) is 29.3 Å². The van der Waals surface area contributed by atoms with Crippen molar-refractivity contribution in [2.75, 3.05) is 18.0 Å². The quantitative estimate of drug-likeness (QED) is 0.534. The summed E-state index contributed by atoms with van der Waals surface area (Å²) in [5, 5.41) is 10.2. The molecule has 0 spiro atoms. The second-order valence-electron chi connectivity index (χ2n) is 8.75. The van der Waals surface area contributed by atoms with Gasteiger partial charge in [0.2, 0.25) is 5.91 Å². The molecule has 0 bridgehead atoms. The van der Waals surface area contributed by atoms with E-state index in [-0.39, 0.29) is 18.2 Å². The van der Waals surface area contributed by atoms with E-state index >= 15 is 0 Å². The van der Waals surface area contributed by atoms with Crippen molar-refractivity contribution in [3.63, 3.8) is 0 Å². The minimum atomic E-state index is -4.74. The number of cyclic esters (lactones) is 1. The Bertz CT molecular complexity index is 1300. The molecule has 188 valence electrons. The number of nitrogens with one attached hydrogen (secondary N) is 2. The van der Waals surface area contributed by atoms with E-state index in [1.54, 1.807) is 17.0 Å². The lowest BCUT2D eigenvalue weighted by atomic mass is 9.99. The van der Waals surface area contributed by atoms with Crippen LogP contribution in [0, 0.1) is 0 Å². The fraction of sp³-hybridized carbons (Fsp3) is 0.320. The van der Waals surface area contributed by atoms with Crippen molar-refractivity contribution >= 4 is 17.7 Å². The molecule has 2 amide bonds. The number of rotatable bonds is 5. The van der Waals surface area contributed by atoms with Gasteiger partial charge in [-0.3, -0.25) is 14.8 Å². The van der Waals surface area contributed by atoms with Crippen LogP contribution in [0.25, 0.3) is 22.5 Å². The Morgan fingerprint density at radius 2 is 2.00 bits per heavy atom. The summed E-state index contributed by atoms with van der Waals surface area (Å²) >= 11 is 0. The number of aryl methyl sites for hydroxylation is 1. The Balaban J connectivity index is 1.39. The summed E-state index contributed by atoms with van der Waals surface area (Å²) in [5.74, 6) is -0.472. The summed E-state index contributed by atoms with van der Waals surface area (Å²) in [6.07, 6.45) is -3.28. The van der Waals surface area contributed by atoms with Crippen LogP contribution in [0.1, 0.15) is 24.5 Å². The number of anilines is 1. The average Bonchev–Trinajstić information content (AvgIpc) is 3.35. The molecule has 5 rings (SSSR count). The number of nitrogens with zero attached hydrogens (tertiary/aromatic N) is 2. The lowest BCUT2D eigenvalue weighted by Gasteiger charge is -2.16. The Labute approximate surface area is 204 Å². The molecule has 0 saturated carbocycles. The van der Waals surface area contributed by atoms with Gasteiger partial charge in [-0.25, -0.2) is 4.79 Å². The van der Waals surface area contributed by atoms with Gasteiger partial charge in [0.05, 0.1) is 24.5 Å². The number of aromatic nitrogens is 2. The van der Waals surface area contributed by atoms with E-state index in [2.05, 4.69) is 20.3 Å². The molecule has 36 heavy (non-hydrogen) atoms. The third-order valence-electron chi connectivity index (χ3n) is 6.22. The maximum absolute atomic E-state index is 12.5. The summed E-state index contributed by atoms with van der Waals surface area (Å²) in [6.45, 7) is 2.00. The van der Waals surface area contributed by atoms with Crippen LogP contribution in [0.3, 0.4) is 0 Å². The normalized spacial score (nSPS) is 17.2. The van der Waals surface area contributed by atoms with Gasteiger partial charge < -0.3 is 14.8 Å². The number of H-pyrrole nitrogens is 1. The number of ether oxygens (including phenoxy) is 2. The van der Waals surface area contributed by atoms with Gasteiger partial charge in [-0.05, 0) is 61.2 Å². The van der Waals surface area contributed by atoms with Gasteiger partial charge in [0.15, 0.2) is 0 Å². The fourth-order valence-electron chi connectivity index (χ4n) is 4.64. The number of halogens is 3. The summed E-state index contributed by atoms with van der Waals surface area (Å²) in [5.41, 5.74) is 5.94. The highest BCUT2D eigenvalue weighted by Gasteiger charge is 2.33. The largest absolute Gasteiger partial charge is 0.573 e. The number of fused-ring (bicyclic) bond motifs is 3. The van der Waals surface area contributed by atoms with E-state index in [0.29, 0.717) is 23.5 Å². The number of amides is 2. The smallest absolute Gasteiger partial charge is 0.442 e. The van der Waals surface area contributed by atoms with Crippen molar-refractivity contribution in [2.24, 2.45) is 0 Å². The van der Waals surface area contributed by atoms with Crippen molar-refractivity contribution in [3.8, 4) is 28.3 Å². The van der Waals surface area contributed by atoms with E-state index in [1.165, 1.54) is 19.1 Å². The van der Waals surface area contributed by atoms with Crippen molar-refractivity contribution in [1.29, 1.82) is 0 Å². The van der Waals surface area contributed by atoms with Crippen LogP contribution in [0.5, 0.6) is 5.75 Å². The molecule has 2 N–H and O–H groups in total. The van der Waals surface area contributed by atoms with Crippen LogP contribution in [0.2, 0.25) is 0 Å². The predicted octanol–water partition coefficient (Wildman–Crippen LogP) is 4.59. The maximum atomic E-state index is 12.5. The van der Waals surface area contributed by atoms with Crippen molar-refractivity contribution < 1.29 is 32.2 Å². The van der Waals surface area contributed by atoms with Crippen LogP contribution < -0.4 is 15.0 Å². The third kappa shape index (κ3) is 4.86. The number of carbonyl (C=O) groups is 2. The fourth-order valence-corrected chi connectivity index (χ4v) is 4.64. The number of alkyl halides is 3. The SMILES string of the molecule is CC(=O)NC[C@H]1CN(c2ccc3c(c2)CCCc2c(-c4ccc(OC(F)(F)F)cc4)n[nH]c2-3)C(=O)O1. The highest BCUT2D eigenvalue weighted by molar-refractivity contribution is 5.91. The second kappa shape index (κ2) is 9.21. The van der Waals surface area contributed by atoms with Gasteiger partial charge in [-0.1, -0.05) is 6.07 Å². The minimum Gasteiger partial charge on any atom is -0.442 e. The Kier molecular flexibility index (Phi) is 6.07. The molecule has 0 unspecified atom stereocenters. The number of carbonyl (C=O) groups excluding carboxylic acids is 2. The molecule has 1 fully saturated rings. The molecular weight excluding hydrogens is 477 g/mol. The highest BCUT2D eigenvalue weighted by atomic mass is 19.4. The molecule has 1 aromatic heterocycles. The van der Waals surface area contributed by atoms with Gasteiger partial charge >= 0.3 is 12.5 Å². The molecule has 3 aromatic rings. The molecule has 2 heterocycles.